The molecule has 0 bridgehead atoms. The van der Waals surface area contributed by atoms with E-state index in [2.05, 4.69) is 110 Å². The maximum atomic E-state index is 13.0. The molecule has 4 saturated carbocycles. The number of carbonyl (C=O) groups excluding carboxylic acids is 1. The summed E-state index contributed by atoms with van der Waals surface area (Å²) in [7, 11) is 0. The predicted molar refractivity (Wildman–Crippen MR) is 242 cm³/mol. The molecule has 0 N–H and O–H groups in total. The lowest BCUT2D eigenvalue weighted by atomic mass is 9.34. The van der Waals surface area contributed by atoms with Crippen molar-refractivity contribution in [2.45, 2.75) is 224 Å². The standard InChI is InChI=1S/C54H90O7/c1-16-42-33(5)32(4)35(7)48(58-42)61-46-45(60-47-34(6)31(3)30(2)28-56-47)36(8)38(10)57-49(46)59-43-20-21-51(13)39(37(43)9)19-22-53(15)44(51)18-17-40-41-27-50(11,12)23-25-54(41,29-55)26-24-52(40,53)14/h17,29-39,41-49H,16,18-28H2,1-15H3/t30-,31?,32?,33-,34+,35+,36-,37?,38?,39+,41?,42?,43+,44?,45?,46+,47+,48+,49+,51?,52-,53+,54-/m1/s1. The summed E-state index contributed by atoms with van der Waals surface area (Å²) >= 11 is 0. The lowest BCUT2D eigenvalue weighted by Crippen LogP contribution is -2.64. The van der Waals surface area contributed by atoms with Gasteiger partial charge in [-0.15, -0.1) is 0 Å². The first-order valence-electron chi connectivity index (χ1n) is 25.7. The van der Waals surface area contributed by atoms with Crippen molar-refractivity contribution < 1.29 is 33.2 Å². The number of aldehydes is 1. The molecular weight excluding hydrogens is 761 g/mol. The molecule has 3 heterocycles. The van der Waals surface area contributed by atoms with Crippen molar-refractivity contribution in [1.29, 1.82) is 0 Å². The van der Waals surface area contributed by atoms with E-state index in [1.807, 2.05) is 0 Å². The van der Waals surface area contributed by atoms with Crippen LogP contribution in [-0.2, 0) is 33.2 Å². The second kappa shape index (κ2) is 16.8. The molecule has 7 fully saturated rings. The van der Waals surface area contributed by atoms with E-state index in [0.29, 0.717) is 54.0 Å². The van der Waals surface area contributed by atoms with Crippen LogP contribution in [0.15, 0.2) is 11.6 Å². The summed E-state index contributed by atoms with van der Waals surface area (Å²) in [5.74, 6) is 4.44. The van der Waals surface area contributed by atoms with E-state index in [1.54, 1.807) is 5.57 Å². The molecule has 23 atom stereocenters. The normalized spacial score (nSPS) is 55.9. The highest BCUT2D eigenvalue weighted by molar-refractivity contribution is 5.63. The maximum absolute atomic E-state index is 13.0. The maximum Gasteiger partial charge on any atom is 0.187 e. The van der Waals surface area contributed by atoms with Crippen LogP contribution >= 0.6 is 0 Å². The van der Waals surface area contributed by atoms with Crippen molar-refractivity contribution in [2.75, 3.05) is 6.61 Å². The molecule has 348 valence electrons. The van der Waals surface area contributed by atoms with E-state index in [-0.39, 0.29) is 81.8 Å². The molecular formula is C54H90O7. The van der Waals surface area contributed by atoms with Crippen LogP contribution < -0.4 is 0 Å². The van der Waals surface area contributed by atoms with Crippen LogP contribution in [0.5, 0.6) is 0 Å². The topological polar surface area (TPSA) is 72.5 Å². The number of carbonyl (C=O) groups is 1. The lowest BCUT2D eigenvalue weighted by molar-refractivity contribution is -0.374. The molecule has 9 unspecified atom stereocenters. The van der Waals surface area contributed by atoms with E-state index in [1.165, 1.54) is 19.1 Å². The van der Waals surface area contributed by atoms with Crippen LogP contribution in [-0.4, -0.2) is 62.3 Å². The minimum atomic E-state index is -0.568. The average molecular weight is 851 g/mol. The van der Waals surface area contributed by atoms with Gasteiger partial charge in [-0.05, 0) is 147 Å². The Morgan fingerprint density at radius 2 is 1.38 bits per heavy atom. The summed E-state index contributed by atoms with van der Waals surface area (Å²) in [6, 6.07) is 0. The molecule has 5 aliphatic carbocycles. The first-order chi connectivity index (χ1) is 28.6. The number of ether oxygens (including phenoxy) is 6. The fourth-order valence-corrected chi connectivity index (χ4v) is 15.9. The molecule has 0 radical (unpaired) electrons. The van der Waals surface area contributed by atoms with Gasteiger partial charge in [0.2, 0.25) is 0 Å². The van der Waals surface area contributed by atoms with Gasteiger partial charge in [0.1, 0.15) is 12.4 Å². The monoisotopic (exact) mass is 851 g/mol. The Balaban J connectivity index is 1.05. The molecule has 3 saturated heterocycles. The van der Waals surface area contributed by atoms with Gasteiger partial charge in [0, 0.05) is 23.2 Å². The molecule has 7 nitrogen and oxygen atoms in total. The Morgan fingerprint density at radius 3 is 2.08 bits per heavy atom. The third kappa shape index (κ3) is 7.54. The fraction of sp³-hybridized carbons (Fsp3) is 0.944. The van der Waals surface area contributed by atoms with E-state index in [4.69, 9.17) is 28.4 Å². The molecule has 3 aliphatic heterocycles. The molecule has 8 rings (SSSR count). The molecule has 7 heteroatoms. The summed E-state index contributed by atoms with van der Waals surface area (Å²) in [5, 5.41) is 0. The van der Waals surface area contributed by atoms with Gasteiger partial charge >= 0.3 is 0 Å². The number of rotatable bonds is 8. The molecule has 0 spiro atoms. The number of fused-ring (bicyclic) bond motifs is 7. The van der Waals surface area contributed by atoms with Crippen molar-refractivity contribution in [3.63, 3.8) is 0 Å². The number of hydrogen-bond donors (Lipinski definition) is 0. The van der Waals surface area contributed by atoms with Gasteiger partial charge in [-0.1, -0.05) is 109 Å². The summed E-state index contributed by atoms with van der Waals surface area (Å²) in [4.78, 5) is 13.0. The summed E-state index contributed by atoms with van der Waals surface area (Å²) in [5.41, 5.74) is 2.35. The summed E-state index contributed by atoms with van der Waals surface area (Å²) in [6.07, 6.45) is 14.6. The Labute approximate surface area is 372 Å². The zero-order valence-corrected chi connectivity index (χ0v) is 41.5. The van der Waals surface area contributed by atoms with E-state index in [0.717, 1.165) is 57.8 Å². The van der Waals surface area contributed by atoms with Crippen LogP contribution in [0.1, 0.15) is 174 Å². The third-order valence-electron chi connectivity index (χ3n) is 21.6. The van der Waals surface area contributed by atoms with Crippen LogP contribution in [0.4, 0.5) is 0 Å². The molecule has 0 amide bonds. The molecule has 0 aromatic heterocycles. The van der Waals surface area contributed by atoms with Crippen LogP contribution in [0, 0.1) is 92.2 Å². The first kappa shape index (κ1) is 46.7. The summed E-state index contributed by atoms with van der Waals surface area (Å²) in [6.45, 7) is 36.6. The van der Waals surface area contributed by atoms with Crippen LogP contribution in [0.2, 0.25) is 0 Å². The number of hydrogen-bond acceptors (Lipinski definition) is 7. The van der Waals surface area contributed by atoms with E-state index >= 15 is 0 Å². The second-order valence-electron chi connectivity index (χ2n) is 24.9. The highest BCUT2D eigenvalue weighted by atomic mass is 16.8. The lowest BCUT2D eigenvalue weighted by Gasteiger charge is -2.70. The van der Waals surface area contributed by atoms with Crippen LogP contribution in [0.3, 0.4) is 0 Å². The smallest absolute Gasteiger partial charge is 0.187 e. The van der Waals surface area contributed by atoms with Gasteiger partial charge in [-0.2, -0.15) is 0 Å². The van der Waals surface area contributed by atoms with Crippen molar-refractivity contribution in [1.82, 2.24) is 0 Å². The molecule has 0 aromatic carbocycles. The van der Waals surface area contributed by atoms with Crippen molar-refractivity contribution >= 4 is 6.29 Å². The summed E-state index contributed by atoms with van der Waals surface area (Å²) < 4.78 is 42.2. The van der Waals surface area contributed by atoms with Gasteiger partial charge in [0.15, 0.2) is 18.9 Å². The van der Waals surface area contributed by atoms with Crippen molar-refractivity contribution in [2.24, 2.45) is 92.2 Å². The number of allylic oxidation sites excluding steroid dienone is 2. The van der Waals surface area contributed by atoms with Crippen molar-refractivity contribution in [3.05, 3.63) is 11.6 Å². The highest BCUT2D eigenvalue weighted by Crippen LogP contribution is 2.74. The average Bonchev–Trinajstić information content (AvgIpc) is 3.22. The van der Waals surface area contributed by atoms with E-state index in [9.17, 15) is 4.79 Å². The zero-order chi connectivity index (χ0) is 44.2. The Hall–Kier alpha value is -0.830. The van der Waals surface area contributed by atoms with Gasteiger partial charge in [0.05, 0.1) is 31.0 Å². The van der Waals surface area contributed by atoms with E-state index < -0.39 is 12.4 Å². The largest absolute Gasteiger partial charge is 0.352 e. The third-order valence-corrected chi connectivity index (χ3v) is 21.6. The zero-order valence-electron chi connectivity index (χ0n) is 41.5. The SMILES string of the molecule is CCC1O[C@@H](O[C@H]2C(O[C@@H]3OC[C@@H](C)C(C)[C@@H]3C)[C@H](C)C(C)O[C@H]2O[C@H]2CCC3(C)C4CC=C5C6CC(C)(C)CC[C@]6(C=O)CC[C@@]5(C)[C@@]4(C)CC[C@H]3C2C)[C@@H](C)C(C)[C@H]1C. The Morgan fingerprint density at radius 1 is 0.689 bits per heavy atom. The highest BCUT2D eigenvalue weighted by Gasteiger charge is 2.67. The minimum Gasteiger partial charge on any atom is -0.352 e. The van der Waals surface area contributed by atoms with Crippen LogP contribution in [0.25, 0.3) is 0 Å². The first-order valence-corrected chi connectivity index (χ1v) is 25.7. The molecule has 61 heavy (non-hydrogen) atoms. The quantitative estimate of drug-likeness (QED) is 0.137. The van der Waals surface area contributed by atoms with Gasteiger partial charge < -0.3 is 33.2 Å². The second-order valence-corrected chi connectivity index (χ2v) is 24.9. The molecule has 8 aliphatic rings. The molecule has 0 aromatic rings. The fourth-order valence-electron chi connectivity index (χ4n) is 15.9. The van der Waals surface area contributed by atoms with Gasteiger partial charge in [-0.3, -0.25) is 0 Å². The van der Waals surface area contributed by atoms with Crippen molar-refractivity contribution in [3.8, 4) is 0 Å². The van der Waals surface area contributed by atoms with Gasteiger partial charge in [0.25, 0.3) is 0 Å². The Bertz CT molecular complexity index is 1610. The Kier molecular flexibility index (Phi) is 12.9. The minimum absolute atomic E-state index is 0.0650. The predicted octanol–water partition coefficient (Wildman–Crippen LogP) is 12.4. The van der Waals surface area contributed by atoms with Gasteiger partial charge in [-0.25, -0.2) is 0 Å².